The van der Waals surface area contributed by atoms with Gasteiger partial charge < -0.3 is 15.0 Å². The SMILES string of the molecule is O=C(CC1CC2(CC2)CO1)NC[C@@H]1C[C@H](F)CN1C(=O)Cc1cccc(Cl)c1F. The van der Waals surface area contributed by atoms with Crippen LogP contribution in [0.3, 0.4) is 0 Å². The molecule has 1 aromatic rings. The van der Waals surface area contributed by atoms with E-state index in [2.05, 4.69) is 5.32 Å². The molecule has 0 aromatic heterocycles. The van der Waals surface area contributed by atoms with Crippen molar-refractivity contribution in [3.05, 3.63) is 34.6 Å². The Labute approximate surface area is 173 Å². The molecule has 1 unspecified atom stereocenters. The first-order chi connectivity index (χ1) is 13.8. The van der Waals surface area contributed by atoms with Crippen LogP contribution < -0.4 is 5.32 Å². The summed E-state index contributed by atoms with van der Waals surface area (Å²) in [4.78, 5) is 26.3. The molecule has 4 rings (SSSR count). The van der Waals surface area contributed by atoms with E-state index in [1.165, 1.54) is 29.9 Å². The molecule has 2 heterocycles. The van der Waals surface area contributed by atoms with Crippen molar-refractivity contribution >= 4 is 23.4 Å². The van der Waals surface area contributed by atoms with Gasteiger partial charge >= 0.3 is 0 Å². The number of amides is 2. The molecule has 2 aliphatic heterocycles. The van der Waals surface area contributed by atoms with Gasteiger partial charge in [-0.25, -0.2) is 8.78 Å². The molecule has 2 saturated heterocycles. The number of hydrogen-bond donors (Lipinski definition) is 1. The topological polar surface area (TPSA) is 58.6 Å². The van der Waals surface area contributed by atoms with Crippen LogP contribution in [0.15, 0.2) is 18.2 Å². The first-order valence-corrected chi connectivity index (χ1v) is 10.5. The molecule has 8 heteroatoms. The van der Waals surface area contributed by atoms with Crippen LogP contribution in [0.5, 0.6) is 0 Å². The van der Waals surface area contributed by atoms with Crippen molar-refractivity contribution in [2.75, 3.05) is 19.7 Å². The van der Waals surface area contributed by atoms with Crippen LogP contribution in [-0.2, 0) is 20.7 Å². The van der Waals surface area contributed by atoms with E-state index in [4.69, 9.17) is 16.3 Å². The Hall–Kier alpha value is -1.73. The van der Waals surface area contributed by atoms with E-state index in [0.29, 0.717) is 5.41 Å². The van der Waals surface area contributed by atoms with Gasteiger partial charge in [0.05, 0.1) is 43.2 Å². The van der Waals surface area contributed by atoms with Gasteiger partial charge in [-0.3, -0.25) is 9.59 Å². The number of nitrogens with zero attached hydrogens (tertiary/aromatic N) is 1. The van der Waals surface area contributed by atoms with Crippen molar-refractivity contribution in [3.63, 3.8) is 0 Å². The van der Waals surface area contributed by atoms with Gasteiger partial charge in [-0.1, -0.05) is 23.7 Å². The summed E-state index contributed by atoms with van der Waals surface area (Å²) in [5.74, 6) is -1.16. The quantitative estimate of drug-likeness (QED) is 0.760. The van der Waals surface area contributed by atoms with Crippen LogP contribution >= 0.6 is 11.6 Å². The van der Waals surface area contributed by atoms with Gasteiger partial charge in [0.15, 0.2) is 0 Å². The van der Waals surface area contributed by atoms with E-state index in [0.717, 1.165) is 13.0 Å². The molecule has 1 aromatic carbocycles. The first-order valence-electron chi connectivity index (χ1n) is 10.1. The van der Waals surface area contributed by atoms with Gasteiger partial charge in [-0.05, 0) is 36.3 Å². The Bertz CT molecular complexity index is 802. The average Bonchev–Trinajstić information content (AvgIpc) is 3.15. The summed E-state index contributed by atoms with van der Waals surface area (Å²) in [5.41, 5.74) is 0.497. The zero-order valence-corrected chi connectivity index (χ0v) is 16.9. The van der Waals surface area contributed by atoms with E-state index >= 15 is 0 Å². The average molecular weight is 427 g/mol. The fraction of sp³-hybridized carbons (Fsp3) is 0.619. The highest BCUT2D eigenvalue weighted by Gasteiger charge is 2.49. The lowest BCUT2D eigenvalue weighted by atomic mass is 10.0. The van der Waals surface area contributed by atoms with E-state index in [-0.39, 0.29) is 60.9 Å². The van der Waals surface area contributed by atoms with Gasteiger partial charge in [0, 0.05) is 13.0 Å². The third-order valence-electron chi connectivity index (χ3n) is 6.25. The molecule has 2 amide bonds. The minimum atomic E-state index is -1.15. The number of benzene rings is 1. The van der Waals surface area contributed by atoms with Crippen molar-refractivity contribution in [1.29, 1.82) is 0 Å². The van der Waals surface area contributed by atoms with Crippen molar-refractivity contribution in [1.82, 2.24) is 10.2 Å². The number of nitrogens with one attached hydrogen (secondary N) is 1. The van der Waals surface area contributed by atoms with Gasteiger partial charge in [-0.2, -0.15) is 0 Å². The zero-order valence-electron chi connectivity index (χ0n) is 16.1. The fourth-order valence-corrected chi connectivity index (χ4v) is 4.56. The predicted octanol–water partition coefficient (Wildman–Crippen LogP) is 3.04. The molecular formula is C21H25ClF2N2O3. The highest BCUT2D eigenvalue weighted by Crippen LogP contribution is 2.54. The Balaban J connectivity index is 1.29. The largest absolute Gasteiger partial charge is 0.377 e. The van der Waals surface area contributed by atoms with Crippen molar-refractivity contribution in [2.45, 2.75) is 56.8 Å². The molecule has 0 radical (unpaired) electrons. The number of halogens is 3. The second-order valence-electron chi connectivity index (χ2n) is 8.57. The minimum absolute atomic E-state index is 0.0458. The lowest BCUT2D eigenvalue weighted by Gasteiger charge is -2.25. The lowest BCUT2D eigenvalue weighted by Crippen LogP contribution is -2.44. The second kappa shape index (κ2) is 8.19. The van der Waals surface area contributed by atoms with E-state index in [1.807, 2.05) is 0 Å². The van der Waals surface area contributed by atoms with Crippen LogP contribution in [0.2, 0.25) is 5.02 Å². The maximum Gasteiger partial charge on any atom is 0.227 e. The van der Waals surface area contributed by atoms with Crippen LogP contribution in [0, 0.1) is 11.2 Å². The molecule has 3 aliphatic rings. The number of carbonyl (C=O) groups excluding carboxylic acids is 2. The number of likely N-dealkylation sites (tertiary alicyclic amines) is 1. The molecule has 1 saturated carbocycles. The summed E-state index contributed by atoms with van der Waals surface area (Å²) in [5, 5.41) is 2.76. The maximum absolute atomic E-state index is 14.1. The number of alkyl halides is 1. The second-order valence-corrected chi connectivity index (χ2v) is 8.98. The summed E-state index contributed by atoms with van der Waals surface area (Å²) in [6.07, 6.45) is 2.32. The highest BCUT2D eigenvalue weighted by atomic mass is 35.5. The third kappa shape index (κ3) is 4.72. The zero-order chi connectivity index (χ0) is 20.6. The summed E-state index contributed by atoms with van der Waals surface area (Å²) in [6, 6.07) is 4.04. The van der Waals surface area contributed by atoms with Gasteiger partial charge in [-0.15, -0.1) is 0 Å². The van der Waals surface area contributed by atoms with Crippen LogP contribution in [0.4, 0.5) is 8.78 Å². The smallest absolute Gasteiger partial charge is 0.227 e. The summed E-state index contributed by atoms with van der Waals surface area (Å²) in [7, 11) is 0. The molecular weight excluding hydrogens is 402 g/mol. The molecule has 0 bridgehead atoms. The van der Waals surface area contributed by atoms with Gasteiger partial charge in [0.2, 0.25) is 11.8 Å². The van der Waals surface area contributed by atoms with E-state index in [9.17, 15) is 18.4 Å². The minimum Gasteiger partial charge on any atom is -0.377 e. The van der Waals surface area contributed by atoms with Gasteiger partial charge in [0.1, 0.15) is 12.0 Å². The Kier molecular flexibility index (Phi) is 5.80. The monoisotopic (exact) mass is 426 g/mol. The molecule has 1 N–H and O–H groups in total. The third-order valence-corrected chi connectivity index (χ3v) is 6.54. The van der Waals surface area contributed by atoms with Crippen molar-refractivity contribution in [3.8, 4) is 0 Å². The fourth-order valence-electron chi connectivity index (χ4n) is 4.37. The number of carbonyl (C=O) groups is 2. The van der Waals surface area contributed by atoms with Crippen LogP contribution in [0.25, 0.3) is 0 Å². The highest BCUT2D eigenvalue weighted by molar-refractivity contribution is 6.30. The molecule has 29 heavy (non-hydrogen) atoms. The Morgan fingerprint density at radius 2 is 2.14 bits per heavy atom. The summed E-state index contributed by atoms with van der Waals surface area (Å²) >= 11 is 5.77. The molecule has 3 fully saturated rings. The number of rotatable bonds is 6. The van der Waals surface area contributed by atoms with Crippen LogP contribution in [0.1, 0.15) is 37.7 Å². The predicted molar refractivity (Wildman–Crippen MR) is 104 cm³/mol. The maximum atomic E-state index is 14.1. The molecule has 3 atom stereocenters. The molecule has 158 valence electrons. The number of hydrogen-bond acceptors (Lipinski definition) is 3. The van der Waals surface area contributed by atoms with E-state index < -0.39 is 18.0 Å². The Morgan fingerprint density at radius 1 is 1.34 bits per heavy atom. The van der Waals surface area contributed by atoms with Crippen molar-refractivity contribution in [2.24, 2.45) is 5.41 Å². The lowest BCUT2D eigenvalue weighted by molar-refractivity contribution is -0.132. The molecule has 1 spiro atoms. The van der Waals surface area contributed by atoms with E-state index in [1.54, 1.807) is 6.07 Å². The Morgan fingerprint density at radius 3 is 2.86 bits per heavy atom. The molecule has 5 nitrogen and oxygen atoms in total. The van der Waals surface area contributed by atoms with Gasteiger partial charge in [0.25, 0.3) is 0 Å². The molecule has 1 aliphatic carbocycles. The summed E-state index contributed by atoms with van der Waals surface area (Å²) in [6.45, 7) is 0.871. The first kappa shape index (κ1) is 20.5. The van der Waals surface area contributed by atoms with Crippen LogP contribution in [-0.4, -0.2) is 54.7 Å². The summed E-state index contributed by atoms with van der Waals surface area (Å²) < 4.78 is 33.8. The van der Waals surface area contributed by atoms with Crippen molar-refractivity contribution < 1.29 is 23.1 Å². The standard InChI is InChI=1S/C21H25ClF2N2O3/c22-17-3-1-2-13(20(17)24)6-19(28)26-11-14(23)7-15(26)10-25-18(27)8-16-9-21(4-5-21)12-29-16/h1-3,14-16H,4-12H2,(H,25,27)/t14-,15-,16?/m0/s1. The number of ether oxygens (including phenoxy) is 1. The normalized spacial score (nSPS) is 27.4.